The molecule has 0 atom stereocenters. The summed E-state index contributed by atoms with van der Waals surface area (Å²) in [7, 11) is 0. The first kappa shape index (κ1) is 14.0. The number of aryl methyl sites for hydroxylation is 1. The van der Waals surface area contributed by atoms with Crippen molar-refractivity contribution < 1.29 is 9.90 Å². The first-order chi connectivity index (χ1) is 9.49. The minimum Gasteiger partial charge on any atom is -0.507 e. The second kappa shape index (κ2) is 5.71. The summed E-state index contributed by atoms with van der Waals surface area (Å²) in [5.41, 5.74) is 7.74. The highest BCUT2D eigenvalue weighted by Crippen LogP contribution is 2.22. The minimum absolute atomic E-state index is 0.00949. The molecule has 0 radical (unpaired) electrons. The van der Waals surface area contributed by atoms with E-state index in [2.05, 4.69) is 5.32 Å². The zero-order valence-corrected chi connectivity index (χ0v) is 11.7. The monoisotopic (exact) mass is 286 g/mol. The van der Waals surface area contributed by atoms with E-state index in [9.17, 15) is 9.90 Å². The molecule has 0 unspecified atom stereocenters. The number of amides is 1. The van der Waals surface area contributed by atoms with Gasteiger partial charge in [0.1, 0.15) is 10.7 Å². The van der Waals surface area contributed by atoms with Gasteiger partial charge in [0.25, 0.3) is 5.91 Å². The van der Waals surface area contributed by atoms with Crippen molar-refractivity contribution in [1.29, 1.82) is 0 Å². The summed E-state index contributed by atoms with van der Waals surface area (Å²) < 4.78 is 0. The summed E-state index contributed by atoms with van der Waals surface area (Å²) >= 11 is 4.86. The molecule has 0 aromatic heterocycles. The molecule has 0 aliphatic carbocycles. The normalized spacial score (nSPS) is 10.1. The first-order valence-corrected chi connectivity index (χ1v) is 6.39. The molecule has 0 fully saturated rings. The third kappa shape index (κ3) is 2.95. The molecule has 2 rings (SSSR count). The lowest BCUT2D eigenvalue weighted by atomic mass is 10.1. The van der Waals surface area contributed by atoms with Gasteiger partial charge >= 0.3 is 0 Å². The molecule has 4 N–H and O–H groups in total. The molecule has 0 heterocycles. The van der Waals surface area contributed by atoms with Crippen molar-refractivity contribution in [3.05, 3.63) is 59.2 Å². The van der Waals surface area contributed by atoms with Crippen molar-refractivity contribution in [2.75, 3.05) is 5.32 Å². The number of rotatable bonds is 3. The minimum atomic E-state index is -0.366. The fourth-order valence-corrected chi connectivity index (χ4v) is 1.89. The molecule has 0 spiro atoms. The maximum absolute atomic E-state index is 12.1. The van der Waals surface area contributed by atoms with Crippen LogP contribution in [-0.2, 0) is 0 Å². The van der Waals surface area contributed by atoms with Gasteiger partial charge in [0.2, 0.25) is 0 Å². The Morgan fingerprint density at radius 1 is 1.20 bits per heavy atom. The molecule has 4 nitrogen and oxygen atoms in total. The third-order valence-electron chi connectivity index (χ3n) is 2.91. The zero-order valence-electron chi connectivity index (χ0n) is 10.9. The van der Waals surface area contributed by atoms with Gasteiger partial charge in [0, 0.05) is 11.3 Å². The number of phenols is 1. The number of para-hydroxylation sites is 1. The van der Waals surface area contributed by atoms with E-state index in [1.807, 2.05) is 0 Å². The van der Waals surface area contributed by atoms with Crippen LogP contribution in [0.25, 0.3) is 0 Å². The lowest BCUT2D eigenvalue weighted by molar-refractivity contribution is 0.102. The molecule has 0 bridgehead atoms. The van der Waals surface area contributed by atoms with Crippen LogP contribution in [0.15, 0.2) is 42.5 Å². The summed E-state index contributed by atoms with van der Waals surface area (Å²) in [6, 6.07) is 11.9. The Morgan fingerprint density at radius 2 is 1.85 bits per heavy atom. The summed E-state index contributed by atoms with van der Waals surface area (Å²) in [6.07, 6.45) is 0. The van der Waals surface area contributed by atoms with Crippen LogP contribution in [0.2, 0.25) is 0 Å². The van der Waals surface area contributed by atoms with Crippen molar-refractivity contribution in [3.8, 4) is 5.75 Å². The van der Waals surface area contributed by atoms with Crippen LogP contribution < -0.4 is 11.1 Å². The Bertz CT molecular complexity index is 666. The molecule has 20 heavy (non-hydrogen) atoms. The number of nitrogens with one attached hydrogen (secondary N) is 1. The Kier molecular flexibility index (Phi) is 4.00. The topological polar surface area (TPSA) is 75.4 Å². The van der Waals surface area contributed by atoms with Gasteiger partial charge in [-0.1, -0.05) is 24.4 Å². The van der Waals surface area contributed by atoms with Gasteiger partial charge in [-0.05, 0) is 42.8 Å². The fraction of sp³-hybridized carbons (Fsp3) is 0.0667. The van der Waals surface area contributed by atoms with Gasteiger partial charge in [0.05, 0.1) is 5.56 Å². The van der Waals surface area contributed by atoms with Gasteiger partial charge in [-0.15, -0.1) is 0 Å². The van der Waals surface area contributed by atoms with Crippen molar-refractivity contribution in [1.82, 2.24) is 0 Å². The standard InChI is InChI=1S/C15H14N2O2S/c1-9-3-2-4-12(13(9)18)15(19)17-11-7-5-10(6-8-11)14(16)20/h2-8,18H,1H3,(H2,16,20)(H,17,19). The predicted molar refractivity (Wildman–Crippen MR) is 83.1 cm³/mol. The highest BCUT2D eigenvalue weighted by Gasteiger charge is 2.12. The molecule has 0 aliphatic heterocycles. The number of thiocarbonyl (C=S) groups is 1. The third-order valence-corrected chi connectivity index (χ3v) is 3.15. The van der Waals surface area contributed by atoms with E-state index in [4.69, 9.17) is 18.0 Å². The number of hydrogen-bond acceptors (Lipinski definition) is 3. The smallest absolute Gasteiger partial charge is 0.259 e. The van der Waals surface area contributed by atoms with Gasteiger partial charge in [-0.25, -0.2) is 0 Å². The van der Waals surface area contributed by atoms with Crippen molar-refractivity contribution in [2.24, 2.45) is 5.73 Å². The number of nitrogens with two attached hydrogens (primary N) is 1. The van der Waals surface area contributed by atoms with Crippen LogP contribution in [0, 0.1) is 6.92 Å². The van der Waals surface area contributed by atoms with E-state index in [-0.39, 0.29) is 17.2 Å². The number of phenolic OH excluding ortho intramolecular Hbond substituents is 1. The predicted octanol–water partition coefficient (Wildman–Crippen LogP) is 2.59. The quantitative estimate of drug-likeness (QED) is 0.758. The number of aromatic hydroxyl groups is 1. The SMILES string of the molecule is Cc1cccc(C(=O)Nc2ccc(C(N)=S)cc2)c1O. The fourth-order valence-electron chi connectivity index (χ4n) is 1.76. The van der Waals surface area contributed by atoms with E-state index < -0.39 is 0 Å². The van der Waals surface area contributed by atoms with Crippen molar-refractivity contribution in [3.63, 3.8) is 0 Å². The largest absolute Gasteiger partial charge is 0.507 e. The molecule has 2 aromatic rings. The molecule has 0 aliphatic rings. The van der Waals surface area contributed by atoms with Crippen molar-refractivity contribution in [2.45, 2.75) is 6.92 Å². The maximum atomic E-state index is 12.1. The Hall–Kier alpha value is -2.40. The van der Waals surface area contributed by atoms with Gasteiger partial charge < -0.3 is 16.2 Å². The van der Waals surface area contributed by atoms with E-state index >= 15 is 0 Å². The Balaban J connectivity index is 2.19. The number of benzene rings is 2. The van der Waals surface area contributed by atoms with Crippen LogP contribution in [0.1, 0.15) is 21.5 Å². The molecular formula is C15H14N2O2S. The second-order valence-electron chi connectivity index (χ2n) is 4.37. The average Bonchev–Trinajstić information content (AvgIpc) is 2.42. The van der Waals surface area contributed by atoms with E-state index in [1.165, 1.54) is 0 Å². The summed E-state index contributed by atoms with van der Waals surface area (Å²) in [4.78, 5) is 12.4. The molecule has 1 amide bonds. The van der Waals surface area contributed by atoms with Crippen molar-refractivity contribution >= 4 is 28.8 Å². The summed E-state index contributed by atoms with van der Waals surface area (Å²) in [5.74, 6) is -0.376. The van der Waals surface area contributed by atoms with Crippen LogP contribution in [0.5, 0.6) is 5.75 Å². The van der Waals surface area contributed by atoms with Crippen LogP contribution >= 0.6 is 12.2 Å². The van der Waals surface area contributed by atoms with Gasteiger partial charge in [0.15, 0.2) is 0 Å². The van der Waals surface area contributed by atoms with Crippen LogP contribution in [0.3, 0.4) is 0 Å². The molecule has 0 saturated carbocycles. The maximum Gasteiger partial charge on any atom is 0.259 e. The molecule has 2 aromatic carbocycles. The molecule has 102 valence electrons. The highest BCUT2D eigenvalue weighted by molar-refractivity contribution is 7.80. The Morgan fingerprint density at radius 3 is 2.45 bits per heavy atom. The zero-order chi connectivity index (χ0) is 14.7. The van der Waals surface area contributed by atoms with Gasteiger partial charge in [-0.2, -0.15) is 0 Å². The van der Waals surface area contributed by atoms with Gasteiger partial charge in [-0.3, -0.25) is 4.79 Å². The first-order valence-electron chi connectivity index (χ1n) is 5.99. The summed E-state index contributed by atoms with van der Waals surface area (Å²) in [5, 5.41) is 12.6. The highest BCUT2D eigenvalue weighted by atomic mass is 32.1. The number of carbonyl (C=O) groups excluding carboxylic acids is 1. The number of carbonyl (C=O) groups is 1. The lowest BCUT2D eigenvalue weighted by Crippen LogP contribution is -2.13. The van der Waals surface area contributed by atoms with E-state index in [0.717, 1.165) is 5.56 Å². The van der Waals surface area contributed by atoms with E-state index in [1.54, 1.807) is 49.4 Å². The average molecular weight is 286 g/mol. The number of hydrogen-bond donors (Lipinski definition) is 3. The molecular weight excluding hydrogens is 272 g/mol. The molecule has 0 saturated heterocycles. The second-order valence-corrected chi connectivity index (χ2v) is 4.81. The molecule has 5 heteroatoms. The number of anilines is 1. The summed E-state index contributed by atoms with van der Waals surface area (Å²) in [6.45, 7) is 1.74. The lowest BCUT2D eigenvalue weighted by Gasteiger charge is -2.08. The van der Waals surface area contributed by atoms with Crippen LogP contribution in [0.4, 0.5) is 5.69 Å². The van der Waals surface area contributed by atoms with E-state index in [0.29, 0.717) is 16.2 Å². The van der Waals surface area contributed by atoms with Crippen LogP contribution in [-0.4, -0.2) is 16.0 Å². The Labute approximate surface area is 122 Å².